The highest BCUT2D eigenvalue weighted by Crippen LogP contribution is 2.27. The van der Waals surface area contributed by atoms with Gasteiger partial charge in [-0.25, -0.2) is 4.79 Å². The number of hydrogen-bond donors (Lipinski definition) is 0. The van der Waals surface area contributed by atoms with Crippen LogP contribution in [-0.4, -0.2) is 94.7 Å². The molecule has 2 aliphatic heterocycles. The Bertz CT molecular complexity index is 858. The zero-order chi connectivity index (χ0) is 19.0. The van der Waals surface area contributed by atoms with E-state index in [1.165, 1.54) is 0 Å². The lowest BCUT2D eigenvalue weighted by Crippen LogP contribution is -2.40. The van der Waals surface area contributed by atoms with E-state index in [4.69, 9.17) is 4.74 Å². The van der Waals surface area contributed by atoms with E-state index in [9.17, 15) is 9.59 Å². The Hall–Kier alpha value is -2.68. The molecule has 9 nitrogen and oxygen atoms in total. The maximum Gasteiger partial charge on any atom is 0.319 e. The summed E-state index contributed by atoms with van der Waals surface area (Å²) in [5, 5.41) is 8.58. The second-order valence-electron chi connectivity index (χ2n) is 7.22. The van der Waals surface area contributed by atoms with Crippen LogP contribution < -0.4 is 0 Å². The molecule has 3 amide bonds. The molecule has 0 radical (unpaired) electrons. The normalized spacial score (nSPS) is 20.3. The lowest BCUT2D eigenvalue weighted by atomic mass is 10.1. The van der Waals surface area contributed by atoms with Gasteiger partial charge >= 0.3 is 6.03 Å². The number of pyridine rings is 1. The number of nitrogens with zero attached hydrogens (tertiary/aromatic N) is 6. The molecule has 0 aliphatic carbocycles. The summed E-state index contributed by atoms with van der Waals surface area (Å²) < 4.78 is 7.21. The predicted octanol–water partition coefficient (Wildman–Crippen LogP) is 0.673. The molecule has 1 atom stereocenters. The first-order chi connectivity index (χ1) is 13.0. The summed E-state index contributed by atoms with van der Waals surface area (Å²) in [6, 6.07) is 3.62. The number of rotatable bonds is 2. The van der Waals surface area contributed by atoms with Gasteiger partial charge in [0.25, 0.3) is 5.91 Å². The number of hydrogen-bond acceptors (Lipinski definition) is 5. The van der Waals surface area contributed by atoms with Gasteiger partial charge in [0.05, 0.1) is 18.8 Å². The summed E-state index contributed by atoms with van der Waals surface area (Å²) in [6.07, 6.45) is 2.65. The van der Waals surface area contributed by atoms with Crippen LogP contribution in [0.4, 0.5) is 4.79 Å². The summed E-state index contributed by atoms with van der Waals surface area (Å²) in [5.41, 5.74) is 1.32. The van der Waals surface area contributed by atoms with Crippen molar-refractivity contribution in [1.29, 1.82) is 0 Å². The monoisotopic (exact) mass is 372 g/mol. The predicted molar refractivity (Wildman–Crippen MR) is 97.7 cm³/mol. The van der Waals surface area contributed by atoms with Crippen LogP contribution in [0, 0.1) is 0 Å². The van der Waals surface area contributed by atoms with E-state index in [0.29, 0.717) is 50.6 Å². The van der Waals surface area contributed by atoms with Gasteiger partial charge in [0.15, 0.2) is 5.65 Å². The molecule has 27 heavy (non-hydrogen) atoms. The molecule has 2 aromatic rings. The van der Waals surface area contributed by atoms with Crippen LogP contribution in [0.15, 0.2) is 18.3 Å². The van der Waals surface area contributed by atoms with Gasteiger partial charge in [-0.15, -0.1) is 10.2 Å². The van der Waals surface area contributed by atoms with Gasteiger partial charge in [0, 0.05) is 52.4 Å². The zero-order valence-corrected chi connectivity index (χ0v) is 15.7. The van der Waals surface area contributed by atoms with E-state index in [1.54, 1.807) is 25.1 Å². The average Bonchev–Trinajstić information content (AvgIpc) is 3.33. The third-order valence-corrected chi connectivity index (χ3v) is 5.18. The largest absolute Gasteiger partial charge is 0.378 e. The number of ether oxygens (including phenoxy) is 1. The van der Waals surface area contributed by atoms with E-state index in [-0.39, 0.29) is 17.9 Å². The summed E-state index contributed by atoms with van der Waals surface area (Å²) in [7, 11) is 3.51. The molecule has 144 valence electrons. The van der Waals surface area contributed by atoms with E-state index in [2.05, 4.69) is 10.2 Å². The van der Waals surface area contributed by atoms with E-state index in [1.807, 2.05) is 26.5 Å². The summed E-state index contributed by atoms with van der Waals surface area (Å²) >= 11 is 0. The molecule has 0 bridgehead atoms. The highest BCUT2D eigenvalue weighted by Gasteiger charge is 2.31. The Morgan fingerprint density at radius 2 is 1.89 bits per heavy atom. The molecule has 4 rings (SSSR count). The van der Waals surface area contributed by atoms with Gasteiger partial charge in [-0.2, -0.15) is 0 Å². The minimum Gasteiger partial charge on any atom is -0.378 e. The lowest BCUT2D eigenvalue weighted by molar-refractivity contribution is 0.0302. The van der Waals surface area contributed by atoms with Gasteiger partial charge in [-0.1, -0.05) is 0 Å². The van der Waals surface area contributed by atoms with Crippen LogP contribution >= 0.6 is 0 Å². The molecule has 0 spiro atoms. The number of fused-ring (bicyclic) bond motifs is 1. The molecule has 4 heterocycles. The summed E-state index contributed by atoms with van der Waals surface area (Å²) in [5.74, 6) is 0.906. The topological polar surface area (TPSA) is 83.3 Å². The van der Waals surface area contributed by atoms with Crippen LogP contribution in [0.5, 0.6) is 0 Å². The van der Waals surface area contributed by atoms with Crippen molar-refractivity contribution in [2.75, 3.05) is 53.5 Å². The minimum absolute atomic E-state index is 0.00400. The Labute approximate surface area is 157 Å². The Morgan fingerprint density at radius 1 is 1.11 bits per heavy atom. The first kappa shape index (κ1) is 17.7. The molecule has 2 saturated heterocycles. The van der Waals surface area contributed by atoms with Crippen LogP contribution in [0.3, 0.4) is 0 Å². The molecule has 2 fully saturated rings. The molecular formula is C18H24N6O3. The molecular weight excluding hydrogens is 348 g/mol. The first-order valence-corrected chi connectivity index (χ1v) is 9.22. The second kappa shape index (κ2) is 7.15. The number of amides is 3. The summed E-state index contributed by atoms with van der Waals surface area (Å²) in [4.78, 5) is 30.2. The van der Waals surface area contributed by atoms with Crippen molar-refractivity contribution in [3.63, 3.8) is 0 Å². The fourth-order valence-corrected chi connectivity index (χ4v) is 3.69. The molecule has 1 unspecified atom stereocenters. The van der Waals surface area contributed by atoms with Crippen molar-refractivity contribution in [2.45, 2.75) is 12.3 Å². The van der Waals surface area contributed by atoms with Gasteiger partial charge in [-0.05, 0) is 18.6 Å². The van der Waals surface area contributed by atoms with Crippen LogP contribution in [0.2, 0.25) is 0 Å². The molecule has 0 N–H and O–H groups in total. The molecule has 2 aromatic heterocycles. The highest BCUT2D eigenvalue weighted by molar-refractivity contribution is 5.94. The van der Waals surface area contributed by atoms with E-state index in [0.717, 1.165) is 12.2 Å². The van der Waals surface area contributed by atoms with Gasteiger partial charge in [0.1, 0.15) is 5.82 Å². The Morgan fingerprint density at radius 3 is 2.63 bits per heavy atom. The van der Waals surface area contributed by atoms with Crippen molar-refractivity contribution >= 4 is 17.6 Å². The fourth-order valence-electron chi connectivity index (χ4n) is 3.69. The van der Waals surface area contributed by atoms with Crippen molar-refractivity contribution in [3.8, 4) is 0 Å². The number of carbonyl (C=O) groups excluding carboxylic acids is 2. The summed E-state index contributed by atoms with van der Waals surface area (Å²) in [6.45, 7) is 3.67. The quantitative estimate of drug-likeness (QED) is 0.774. The molecule has 9 heteroatoms. The smallest absolute Gasteiger partial charge is 0.319 e. The van der Waals surface area contributed by atoms with Crippen molar-refractivity contribution < 1.29 is 14.3 Å². The average molecular weight is 372 g/mol. The number of morpholine rings is 1. The number of likely N-dealkylation sites (tertiary alicyclic amines) is 1. The van der Waals surface area contributed by atoms with Crippen molar-refractivity contribution in [3.05, 3.63) is 29.7 Å². The van der Waals surface area contributed by atoms with Crippen LogP contribution in [-0.2, 0) is 4.74 Å². The standard InChI is InChI=1S/C18H24N6O3/c1-21(2)18(26)23-6-5-13(11-23)16-20-19-15-4-3-14(12-24(15)16)17(25)22-7-9-27-10-8-22/h3-4,12-13H,5-11H2,1-2H3. The molecule has 0 aromatic carbocycles. The Balaban J connectivity index is 1.57. The Kier molecular flexibility index (Phi) is 4.69. The van der Waals surface area contributed by atoms with Crippen molar-refractivity contribution in [1.82, 2.24) is 29.3 Å². The first-order valence-electron chi connectivity index (χ1n) is 9.22. The number of urea groups is 1. The fraction of sp³-hybridized carbons (Fsp3) is 0.556. The molecule has 0 saturated carbocycles. The van der Waals surface area contributed by atoms with Crippen LogP contribution in [0.25, 0.3) is 5.65 Å². The number of aromatic nitrogens is 3. The van der Waals surface area contributed by atoms with Crippen LogP contribution in [0.1, 0.15) is 28.5 Å². The van der Waals surface area contributed by atoms with E-state index >= 15 is 0 Å². The highest BCUT2D eigenvalue weighted by atomic mass is 16.5. The van der Waals surface area contributed by atoms with Gasteiger partial charge in [0.2, 0.25) is 0 Å². The van der Waals surface area contributed by atoms with Crippen molar-refractivity contribution in [2.24, 2.45) is 0 Å². The SMILES string of the molecule is CN(C)C(=O)N1CCC(c2nnc3ccc(C(=O)N4CCOCC4)cn23)C1. The van der Waals surface area contributed by atoms with Gasteiger partial charge < -0.3 is 19.4 Å². The number of carbonyl (C=O) groups is 2. The van der Waals surface area contributed by atoms with Gasteiger partial charge in [-0.3, -0.25) is 9.20 Å². The maximum absolute atomic E-state index is 12.8. The lowest BCUT2D eigenvalue weighted by Gasteiger charge is -2.26. The zero-order valence-electron chi connectivity index (χ0n) is 15.7. The maximum atomic E-state index is 12.8. The second-order valence-corrected chi connectivity index (χ2v) is 7.22. The third-order valence-electron chi connectivity index (χ3n) is 5.18. The minimum atomic E-state index is -0.00400. The molecule has 2 aliphatic rings. The van der Waals surface area contributed by atoms with E-state index < -0.39 is 0 Å². The third kappa shape index (κ3) is 3.34.